The molecule has 0 radical (unpaired) electrons. The number of nitrogens with one attached hydrogen (secondary N) is 1. The van der Waals surface area contributed by atoms with Crippen molar-refractivity contribution in [2.75, 3.05) is 5.32 Å². The maximum Gasteiger partial charge on any atom is 0.329 e. The van der Waals surface area contributed by atoms with Crippen molar-refractivity contribution in [3.05, 3.63) is 12.4 Å². The second-order valence-electron chi connectivity index (χ2n) is 4.46. The molecule has 0 amide bonds. The zero-order valence-corrected chi connectivity index (χ0v) is 9.57. The topological polar surface area (TPSA) is 105 Å². The Bertz CT molecular complexity index is 589. The largest absolute Gasteiger partial charge is 0.480 e. The molecule has 0 spiro atoms. The van der Waals surface area contributed by atoms with Gasteiger partial charge in [-0.3, -0.25) is 4.98 Å². The fraction of sp³-hybridized carbons (Fsp3) is 0.500. The number of carboxylic acid groups (broad SMARTS) is 1. The van der Waals surface area contributed by atoms with Crippen LogP contribution in [-0.4, -0.2) is 41.6 Å². The maximum atomic E-state index is 11.5. The van der Waals surface area contributed by atoms with Gasteiger partial charge in [0.25, 0.3) is 0 Å². The number of nitrogens with zero attached hydrogens (tertiary/aromatic N) is 5. The lowest BCUT2D eigenvalue weighted by Crippen LogP contribution is -2.44. The molecule has 0 unspecified atom stereocenters. The lowest BCUT2D eigenvalue weighted by atomic mass is 9.98. The van der Waals surface area contributed by atoms with E-state index in [1.807, 2.05) is 0 Å². The standard InChI is InChI=1S/C10H12N6O2/c17-9(18)10(3-1-2-4-10)12-7-5-11-6-8-13-14-15-16(7)8/h5-6,12H,1-4H2,(H,17,18). The molecule has 3 rings (SSSR count). The highest BCUT2D eigenvalue weighted by Gasteiger charge is 2.41. The molecule has 0 saturated heterocycles. The van der Waals surface area contributed by atoms with Crippen LogP contribution in [0.2, 0.25) is 0 Å². The van der Waals surface area contributed by atoms with Crippen molar-refractivity contribution >= 4 is 17.4 Å². The molecule has 1 saturated carbocycles. The van der Waals surface area contributed by atoms with Crippen molar-refractivity contribution in [1.29, 1.82) is 0 Å². The van der Waals surface area contributed by atoms with Gasteiger partial charge in [0, 0.05) is 0 Å². The van der Waals surface area contributed by atoms with Crippen LogP contribution in [-0.2, 0) is 4.79 Å². The monoisotopic (exact) mass is 248 g/mol. The molecule has 18 heavy (non-hydrogen) atoms. The maximum absolute atomic E-state index is 11.5. The van der Waals surface area contributed by atoms with E-state index in [-0.39, 0.29) is 0 Å². The summed E-state index contributed by atoms with van der Waals surface area (Å²) in [6.07, 6.45) is 6.05. The summed E-state index contributed by atoms with van der Waals surface area (Å²) in [6.45, 7) is 0. The zero-order chi connectivity index (χ0) is 12.6. The minimum absolute atomic E-state index is 0.485. The normalized spacial score (nSPS) is 18.0. The molecule has 1 fully saturated rings. The third-order valence-electron chi connectivity index (χ3n) is 3.34. The predicted octanol–water partition coefficient (Wildman–Crippen LogP) is 0.329. The number of tetrazole rings is 1. The van der Waals surface area contributed by atoms with Gasteiger partial charge in [-0.1, -0.05) is 12.8 Å². The van der Waals surface area contributed by atoms with Gasteiger partial charge < -0.3 is 10.4 Å². The van der Waals surface area contributed by atoms with Gasteiger partial charge in [0.2, 0.25) is 0 Å². The average Bonchev–Trinajstić information content (AvgIpc) is 2.98. The van der Waals surface area contributed by atoms with E-state index >= 15 is 0 Å². The summed E-state index contributed by atoms with van der Waals surface area (Å²) < 4.78 is 1.45. The quantitative estimate of drug-likeness (QED) is 0.806. The molecule has 0 atom stereocenters. The van der Waals surface area contributed by atoms with Crippen molar-refractivity contribution in [1.82, 2.24) is 25.0 Å². The van der Waals surface area contributed by atoms with Crippen LogP contribution in [0.4, 0.5) is 5.82 Å². The summed E-state index contributed by atoms with van der Waals surface area (Å²) in [4.78, 5) is 15.5. The number of carboxylic acids is 1. The fourth-order valence-electron chi connectivity index (χ4n) is 2.38. The predicted molar refractivity (Wildman–Crippen MR) is 61.0 cm³/mol. The summed E-state index contributed by atoms with van der Waals surface area (Å²) >= 11 is 0. The number of fused-ring (bicyclic) bond motifs is 1. The van der Waals surface area contributed by atoms with Gasteiger partial charge in [-0.15, -0.1) is 5.10 Å². The van der Waals surface area contributed by atoms with Crippen LogP contribution in [0.5, 0.6) is 0 Å². The lowest BCUT2D eigenvalue weighted by Gasteiger charge is -2.26. The van der Waals surface area contributed by atoms with Crippen molar-refractivity contribution in [3.8, 4) is 0 Å². The minimum atomic E-state index is -0.929. The summed E-state index contributed by atoms with van der Waals surface area (Å²) in [5.41, 5.74) is -0.444. The minimum Gasteiger partial charge on any atom is -0.480 e. The molecule has 8 heteroatoms. The number of anilines is 1. The van der Waals surface area contributed by atoms with E-state index in [4.69, 9.17) is 0 Å². The second-order valence-corrected chi connectivity index (χ2v) is 4.46. The van der Waals surface area contributed by atoms with Crippen LogP contribution in [0, 0.1) is 0 Å². The van der Waals surface area contributed by atoms with Gasteiger partial charge >= 0.3 is 5.97 Å². The van der Waals surface area contributed by atoms with Gasteiger partial charge in [0.05, 0.1) is 12.4 Å². The number of aromatic nitrogens is 5. The molecule has 0 aromatic carbocycles. The molecule has 2 heterocycles. The van der Waals surface area contributed by atoms with Crippen LogP contribution >= 0.6 is 0 Å². The molecule has 1 aliphatic rings. The third kappa shape index (κ3) is 1.57. The van der Waals surface area contributed by atoms with Crippen molar-refractivity contribution in [2.24, 2.45) is 0 Å². The highest BCUT2D eigenvalue weighted by molar-refractivity contribution is 5.82. The van der Waals surface area contributed by atoms with Crippen molar-refractivity contribution in [2.45, 2.75) is 31.2 Å². The zero-order valence-electron chi connectivity index (χ0n) is 9.57. The number of rotatable bonds is 3. The first-order valence-electron chi connectivity index (χ1n) is 5.75. The molecule has 2 N–H and O–H groups in total. The van der Waals surface area contributed by atoms with Gasteiger partial charge in [0.1, 0.15) is 5.54 Å². The number of carbonyl (C=O) groups is 1. The van der Waals surface area contributed by atoms with Gasteiger partial charge in [-0.25, -0.2) is 4.79 Å². The van der Waals surface area contributed by atoms with Crippen LogP contribution in [0.25, 0.3) is 5.65 Å². The van der Waals surface area contributed by atoms with Gasteiger partial charge in [-0.2, -0.15) is 4.52 Å². The molecule has 2 aromatic rings. The summed E-state index contributed by atoms with van der Waals surface area (Å²) in [7, 11) is 0. The smallest absolute Gasteiger partial charge is 0.329 e. The highest BCUT2D eigenvalue weighted by atomic mass is 16.4. The van der Waals surface area contributed by atoms with E-state index in [1.165, 1.54) is 16.9 Å². The third-order valence-corrected chi connectivity index (χ3v) is 3.34. The summed E-state index contributed by atoms with van der Waals surface area (Å²) in [5, 5.41) is 23.6. The van der Waals surface area contributed by atoms with Crippen molar-refractivity contribution in [3.63, 3.8) is 0 Å². The number of aliphatic carboxylic acids is 1. The molecule has 94 valence electrons. The number of hydrogen-bond donors (Lipinski definition) is 2. The van der Waals surface area contributed by atoms with E-state index in [0.29, 0.717) is 24.3 Å². The Hall–Kier alpha value is -2.25. The second kappa shape index (κ2) is 3.90. The van der Waals surface area contributed by atoms with E-state index in [9.17, 15) is 9.90 Å². The first-order valence-corrected chi connectivity index (χ1v) is 5.75. The number of hydrogen-bond acceptors (Lipinski definition) is 6. The van der Waals surface area contributed by atoms with Crippen molar-refractivity contribution < 1.29 is 9.90 Å². The Labute approximate surface area is 102 Å². The molecule has 8 nitrogen and oxygen atoms in total. The van der Waals surface area contributed by atoms with Crippen LogP contribution < -0.4 is 5.32 Å². The Morgan fingerprint density at radius 1 is 1.39 bits per heavy atom. The Morgan fingerprint density at radius 2 is 2.17 bits per heavy atom. The molecular formula is C10H12N6O2. The van der Waals surface area contributed by atoms with E-state index in [1.54, 1.807) is 0 Å². The lowest BCUT2D eigenvalue weighted by molar-refractivity contribution is -0.142. The van der Waals surface area contributed by atoms with E-state index < -0.39 is 11.5 Å². The molecule has 0 aliphatic heterocycles. The van der Waals surface area contributed by atoms with Gasteiger partial charge in [-0.05, 0) is 23.3 Å². The van der Waals surface area contributed by atoms with E-state index in [2.05, 4.69) is 25.8 Å². The Morgan fingerprint density at radius 3 is 2.89 bits per heavy atom. The van der Waals surface area contributed by atoms with Gasteiger partial charge in [0.15, 0.2) is 11.5 Å². The van der Waals surface area contributed by atoms with E-state index in [0.717, 1.165) is 12.8 Å². The van der Waals surface area contributed by atoms with Crippen LogP contribution in [0.1, 0.15) is 25.7 Å². The molecule has 1 aliphatic carbocycles. The van der Waals surface area contributed by atoms with Crippen LogP contribution in [0.3, 0.4) is 0 Å². The highest BCUT2D eigenvalue weighted by Crippen LogP contribution is 2.33. The Kier molecular flexibility index (Phi) is 2.35. The summed E-state index contributed by atoms with van der Waals surface area (Å²) in [5.74, 6) is -0.341. The molecule has 0 bridgehead atoms. The first kappa shape index (κ1) is 10.9. The first-order chi connectivity index (χ1) is 8.71. The fourth-order valence-corrected chi connectivity index (χ4v) is 2.38. The molecular weight excluding hydrogens is 236 g/mol. The molecule has 2 aromatic heterocycles. The Balaban J connectivity index is 2.00. The SMILES string of the molecule is O=C(O)C1(Nc2cncc3nnnn23)CCCC1. The average molecular weight is 248 g/mol. The van der Waals surface area contributed by atoms with Crippen LogP contribution in [0.15, 0.2) is 12.4 Å². The summed E-state index contributed by atoms with van der Waals surface area (Å²) in [6, 6.07) is 0.